The van der Waals surface area contributed by atoms with Gasteiger partial charge in [-0.1, -0.05) is 0 Å². The van der Waals surface area contributed by atoms with Crippen molar-refractivity contribution in [3.8, 4) is 11.5 Å². The number of anilines is 1. The van der Waals surface area contributed by atoms with Gasteiger partial charge in [-0.15, -0.1) is 0 Å². The van der Waals surface area contributed by atoms with Crippen LogP contribution in [0.3, 0.4) is 0 Å². The third-order valence-corrected chi connectivity index (χ3v) is 5.09. The summed E-state index contributed by atoms with van der Waals surface area (Å²) in [7, 11) is 3.16. The lowest BCUT2D eigenvalue weighted by molar-refractivity contribution is -0.135. The molecule has 2 aliphatic rings. The quantitative estimate of drug-likeness (QED) is 0.890. The summed E-state index contributed by atoms with van der Waals surface area (Å²) < 4.78 is 10.6. The van der Waals surface area contributed by atoms with Gasteiger partial charge in [-0.05, 0) is 44.2 Å². The number of likely N-dealkylation sites (tertiary alicyclic amines) is 1. The lowest BCUT2D eigenvalue weighted by Crippen LogP contribution is -2.42. The SMILES string of the molecule is COc1cc(C)c(NC(=O)C2CCN(C(=O)C3CC3)CC2)cc1OC. The van der Waals surface area contributed by atoms with Crippen molar-refractivity contribution in [2.75, 3.05) is 32.6 Å². The van der Waals surface area contributed by atoms with Crippen molar-refractivity contribution >= 4 is 17.5 Å². The van der Waals surface area contributed by atoms with Crippen molar-refractivity contribution in [1.82, 2.24) is 4.90 Å². The third kappa shape index (κ3) is 3.89. The smallest absolute Gasteiger partial charge is 0.227 e. The van der Waals surface area contributed by atoms with E-state index in [-0.39, 0.29) is 23.7 Å². The molecular weight excluding hydrogens is 320 g/mol. The van der Waals surface area contributed by atoms with Gasteiger partial charge in [0, 0.05) is 36.7 Å². The van der Waals surface area contributed by atoms with Gasteiger partial charge in [-0.3, -0.25) is 9.59 Å². The van der Waals surface area contributed by atoms with Gasteiger partial charge in [-0.25, -0.2) is 0 Å². The third-order valence-electron chi connectivity index (χ3n) is 5.09. The Balaban J connectivity index is 1.60. The molecule has 1 aliphatic heterocycles. The molecule has 0 bridgehead atoms. The summed E-state index contributed by atoms with van der Waals surface area (Å²) >= 11 is 0. The number of aryl methyl sites for hydroxylation is 1. The maximum atomic E-state index is 12.6. The minimum Gasteiger partial charge on any atom is -0.493 e. The molecular formula is C19H26N2O4. The number of ether oxygens (including phenoxy) is 2. The molecule has 1 saturated heterocycles. The van der Waals surface area contributed by atoms with Gasteiger partial charge in [0.05, 0.1) is 14.2 Å². The number of benzene rings is 1. The molecule has 1 aromatic rings. The Morgan fingerprint density at radius 1 is 1.00 bits per heavy atom. The van der Waals surface area contributed by atoms with Crippen molar-refractivity contribution in [2.24, 2.45) is 11.8 Å². The van der Waals surface area contributed by atoms with E-state index < -0.39 is 0 Å². The zero-order chi connectivity index (χ0) is 18.0. The fourth-order valence-corrected chi connectivity index (χ4v) is 3.30. The van der Waals surface area contributed by atoms with Crippen LogP contribution in [0.5, 0.6) is 11.5 Å². The van der Waals surface area contributed by atoms with E-state index in [1.165, 1.54) is 0 Å². The molecule has 25 heavy (non-hydrogen) atoms. The van der Waals surface area contributed by atoms with Crippen molar-refractivity contribution in [1.29, 1.82) is 0 Å². The minimum atomic E-state index is -0.0595. The van der Waals surface area contributed by atoms with Gasteiger partial charge in [0.2, 0.25) is 11.8 Å². The molecule has 1 aromatic carbocycles. The standard InChI is InChI=1S/C19H26N2O4/c1-12-10-16(24-2)17(25-3)11-15(12)20-18(22)13-6-8-21(9-7-13)19(23)14-4-5-14/h10-11,13-14H,4-9H2,1-3H3,(H,20,22). The van der Waals surface area contributed by atoms with E-state index in [0.29, 0.717) is 24.6 Å². The first-order chi connectivity index (χ1) is 12.0. The molecule has 1 aliphatic carbocycles. The van der Waals surface area contributed by atoms with Crippen LogP contribution in [0.1, 0.15) is 31.2 Å². The van der Waals surface area contributed by atoms with Crippen LogP contribution >= 0.6 is 0 Å². The molecule has 2 amide bonds. The van der Waals surface area contributed by atoms with Crippen LogP contribution in [0.15, 0.2) is 12.1 Å². The van der Waals surface area contributed by atoms with Crippen LogP contribution in [0.25, 0.3) is 0 Å². The van der Waals surface area contributed by atoms with Gasteiger partial charge in [0.25, 0.3) is 0 Å². The molecule has 1 saturated carbocycles. The number of nitrogens with zero attached hydrogens (tertiary/aromatic N) is 1. The molecule has 0 unspecified atom stereocenters. The number of hydrogen-bond donors (Lipinski definition) is 1. The first kappa shape index (κ1) is 17.6. The Morgan fingerprint density at radius 2 is 1.60 bits per heavy atom. The zero-order valence-corrected chi connectivity index (χ0v) is 15.1. The maximum absolute atomic E-state index is 12.6. The van der Waals surface area contributed by atoms with Crippen LogP contribution in [-0.4, -0.2) is 44.0 Å². The van der Waals surface area contributed by atoms with Crippen LogP contribution < -0.4 is 14.8 Å². The molecule has 0 aromatic heterocycles. The van der Waals surface area contributed by atoms with Crippen LogP contribution in [0.2, 0.25) is 0 Å². The summed E-state index contributed by atoms with van der Waals surface area (Å²) in [5, 5.41) is 3.01. The van der Waals surface area contributed by atoms with Crippen molar-refractivity contribution in [3.05, 3.63) is 17.7 Å². The van der Waals surface area contributed by atoms with E-state index in [0.717, 1.165) is 36.9 Å². The number of hydrogen-bond acceptors (Lipinski definition) is 4. The highest BCUT2D eigenvalue weighted by Gasteiger charge is 2.36. The summed E-state index contributed by atoms with van der Waals surface area (Å²) in [6, 6.07) is 3.64. The number of carbonyl (C=O) groups is 2. The molecule has 136 valence electrons. The molecule has 1 N–H and O–H groups in total. The Kier molecular flexibility index (Phi) is 5.16. The molecule has 0 spiro atoms. The van der Waals surface area contributed by atoms with Gasteiger partial charge >= 0.3 is 0 Å². The van der Waals surface area contributed by atoms with E-state index in [4.69, 9.17) is 9.47 Å². The largest absolute Gasteiger partial charge is 0.493 e. The van der Waals surface area contributed by atoms with Gasteiger partial charge in [-0.2, -0.15) is 0 Å². The zero-order valence-electron chi connectivity index (χ0n) is 15.1. The number of amides is 2. The van der Waals surface area contributed by atoms with Gasteiger partial charge in [0.1, 0.15) is 0 Å². The lowest BCUT2D eigenvalue weighted by Gasteiger charge is -2.31. The monoisotopic (exact) mass is 346 g/mol. The number of piperidine rings is 1. The average Bonchev–Trinajstić information content (AvgIpc) is 3.47. The normalized spacial score (nSPS) is 18.0. The Labute approximate surface area is 148 Å². The van der Waals surface area contributed by atoms with Crippen LogP contribution in [-0.2, 0) is 9.59 Å². The fraction of sp³-hybridized carbons (Fsp3) is 0.579. The fourth-order valence-electron chi connectivity index (χ4n) is 3.30. The van der Waals surface area contributed by atoms with E-state index in [1.54, 1.807) is 20.3 Å². The predicted molar refractivity (Wildman–Crippen MR) is 94.9 cm³/mol. The van der Waals surface area contributed by atoms with E-state index in [9.17, 15) is 9.59 Å². The van der Waals surface area contributed by atoms with Gasteiger partial charge < -0.3 is 19.7 Å². The Hall–Kier alpha value is -2.24. The lowest BCUT2D eigenvalue weighted by atomic mass is 9.95. The first-order valence-electron chi connectivity index (χ1n) is 8.85. The highest BCUT2D eigenvalue weighted by Crippen LogP contribution is 2.34. The molecule has 1 heterocycles. The van der Waals surface area contributed by atoms with E-state index in [1.807, 2.05) is 17.9 Å². The Morgan fingerprint density at radius 3 is 2.16 bits per heavy atom. The highest BCUT2D eigenvalue weighted by molar-refractivity contribution is 5.94. The summed E-state index contributed by atoms with van der Waals surface area (Å²) in [5.41, 5.74) is 1.66. The molecule has 6 nitrogen and oxygen atoms in total. The molecule has 6 heteroatoms. The molecule has 0 radical (unpaired) electrons. The molecule has 2 fully saturated rings. The average molecular weight is 346 g/mol. The predicted octanol–water partition coefficient (Wildman–Crippen LogP) is 2.60. The summed E-state index contributed by atoms with van der Waals surface area (Å²) in [4.78, 5) is 26.6. The number of nitrogens with one attached hydrogen (secondary N) is 1. The minimum absolute atomic E-state index is 0.00819. The molecule has 3 rings (SSSR count). The highest BCUT2D eigenvalue weighted by atomic mass is 16.5. The van der Waals surface area contributed by atoms with Crippen molar-refractivity contribution in [3.63, 3.8) is 0 Å². The van der Waals surface area contributed by atoms with Crippen LogP contribution in [0, 0.1) is 18.8 Å². The topological polar surface area (TPSA) is 67.9 Å². The number of carbonyl (C=O) groups excluding carboxylic acids is 2. The van der Waals surface area contributed by atoms with Crippen molar-refractivity contribution < 1.29 is 19.1 Å². The second kappa shape index (κ2) is 7.33. The summed E-state index contributed by atoms with van der Waals surface area (Å²) in [6.45, 7) is 3.28. The first-order valence-corrected chi connectivity index (χ1v) is 8.85. The number of methoxy groups -OCH3 is 2. The van der Waals surface area contributed by atoms with E-state index in [2.05, 4.69) is 5.32 Å². The van der Waals surface area contributed by atoms with E-state index >= 15 is 0 Å². The number of rotatable bonds is 5. The maximum Gasteiger partial charge on any atom is 0.227 e. The van der Waals surface area contributed by atoms with Crippen molar-refractivity contribution in [2.45, 2.75) is 32.6 Å². The summed E-state index contributed by atoms with van der Waals surface area (Å²) in [5.74, 6) is 1.71. The summed E-state index contributed by atoms with van der Waals surface area (Å²) in [6.07, 6.45) is 3.49. The second-order valence-corrected chi connectivity index (χ2v) is 6.89. The van der Waals surface area contributed by atoms with Crippen LogP contribution in [0.4, 0.5) is 5.69 Å². The van der Waals surface area contributed by atoms with Gasteiger partial charge in [0.15, 0.2) is 11.5 Å². The second-order valence-electron chi connectivity index (χ2n) is 6.89. The molecule has 0 atom stereocenters. The Bertz CT molecular complexity index is 662.